The molecule has 2 fully saturated rings. The summed E-state index contributed by atoms with van der Waals surface area (Å²) in [5, 5.41) is 27.6. The Hall–Kier alpha value is -7.18. The maximum atomic E-state index is 15.0. The van der Waals surface area contributed by atoms with Gasteiger partial charge in [-0.25, -0.2) is 23.5 Å². The molecule has 18 heteroatoms. The van der Waals surface area contributed by atoms with Gasteiger partial charge in [0.1, 0.15) is 11.6 Å². The molecule has 0 radical (unpaired) electrons. The van der Waals surface area contributed by atoms with Gasteiger partial charge in [0.05, 0.1) is 5.56 Å². The fourth-order valence-electron chi connectivity index (χ4n) is 6.78. The van der Waals surface area contributed by atoms with Crippen LogP contribution in [0, 0.1) is 30.9 Å². The molecule has 0 unspecified atom stereocenters. The van der Waals surface area contributed by atoms with E-state index in [0.29, 0.717) is 43.6 Å². The zero-order chi connectivity index (χ0) is 49.0. The normalized spacial score (nSPS) is 13.6. The molecule has 2 aliphatic rings. The summed E-state index contributed by atoms with van der Waals surface area (Å²) in [7, 11) is 0. The number of halogens is 2. The smallest absolute Gasteiger partial charge is 0.335 e. The number of aromatic carboxylic acids is 1. The highest BCUT2D eigenvalue weighted by Crippen LogP contribution is 2.34. The Morgan fingerprint density at radius 2 is 1.03 bits per heavy atom. The first-order chi connectivity index (χ1) is 32.3. The maximum absolute atomic E-state index is 15.0. The van der Waals surface area contributed by atoms with Crippen molar-refractivity contribution in [3.8, 4) is 22.3 Å². The lowest BCUT2D eigenvalue weighted by Gasteiger charge is -2.28. The number of benzene rings is 4. The molecule has 4 aromatic carbocycles. The van der Waals surface area contributed by atoms with Crippen molar-refractivity contribution in [3.05, 3.63) is 140 Å². The average molecular weight is 962 g/mol. The third-order valence-electron chi connectivity index (χ3n) is 11.6. The molecule has 6 N–H and O–H groups in total. The van der Waals surface area contributed by atoms with Crippen LogP contribution in [0.2, 0.25) is 0 Å². The second-order valence-corrected chi connectivity index (χ2v) is 19.5. The number of amides is 5. The van der Waals surface area contributed by atoms with Crippen molar-refractivity contribution in [2.24, 2.45) is 5.41 Å². The standard InChI is InChI=1S/C28H31FN4O3S.C22H18FN3O4S/c1-15-21(13-18(14-23(15)29)25(35)32-19-7-8-19)20-9-6-17(24(34)31-16(2)28(3,4)5)12-22(20)26(36)33-27-30-10-11-37-27;1-11-16(9-13(10-18(11)23)19(27)25-14-3-4-14)15-5-2-12(21(29)30)8-17(15)20(28)26-22-24-6-7-31-22/h6,9-14,16,19H,7-8H2,1-5H3,(H,31,34)(H,32,35)(H,30,33,36);2,5-10,14H,3-4H2,1H3,(H,25,27)(H,29,30)(H,24,26,28)/t16-;/m0./s1. The molecule has 0 bridgehead atoms. The number of carboxylic acids is 1. The molecule has 0 saturated heterocycles. The van der Waals surface area contributed by atoms with Crippen LogP contribution < -0.4 is 26.6 Å². The van der Waals surface area contributed by atoms with Crippen molar-refractivity contribution in [1.29, 1.82) is 0 Å². The lowest BCUT2D eigenvalue weighted by molar-refractivity contribution is 0.0695. The number of hydrogen-bond donors (Lipinski definition) is 6. The van der Waals surface area contributed by atoms with Crippen LogP contribution in [-0.4, -0.2) is 68.7 Å². The summed E-state index contributed by atoms with van der Waals surface area (Å²) >= 11 is 2.47. The monoisotopic (exact) mass is 961 g/mol. The van der Waals surface area contributed by atoms with Gasteiger partial charge in [0.25, 0.3) is 29.5 Å². The molecule has 2 heterocycles. The van der Waals surface area contributed by atoms with E-state index < -0.39 is 35.3 Å². The number of nitrogens with one attached hydrogen (secondary N) is 5. The lowest BCUT2D eigenvalue weighted by Crippen LogP contribution is -2.41. The Bertz CT molecular complexity index is 2930. The highest BCUT2D eigenvalue weighted by atomic mass is 32.1. The first-order valence-electron chi connectivity index (χ1n) is 21.7. The number of nitrogens with zero attached hydrogens (tertiary/aromatic N) is 2. The number of carbonyl (C=O) groups is 6. The highest BCUT2D eigenvalue weighted by molar-refractivity contribution is 7.14. The highest BCUT2D eigenvalue weighted by Gasteiger charge is 2.28. The summed E-state index contributed by atoms with van der Waals surface area (Å²) < 4.78 is 29.7. The second kappa shape index (κ2) is 20.4. The van der Waals surface area contributed by atoms with Crippen LogP contribution in [0.4, 0.5) is 19.0 Å². The molecule has 0 spiro atoms. The Balaban J connectivity index is 0.000000204. The van der Waals surface area contributed by atoms with Crippen LogP contribution in [0.1, 0.15) is 127 Å². The molecule has 68 heavy (non-hydrogen) atoms. The van der Waals surface area contributed by atoms with E-state index in [2.05, 4.69) is 36.6 Å². The minimum Gasteiger partial charge on any atom is -0.478 e. The summed E-state index contributed by atoms with van der Waals surface area (Å²) in [5.74, 6) is -4.48. The molecule has 2 aromatic heterocycles. The third-order valence-corrected chi connectivity index (χ3v) is 13.0. The molecule has 5 amide bonds. The third kappa shape index (κ3) is 11.8. The zero-order valence-corrected chi connectivity index (χ0v) is 39.6. The van der Waals surface area contributed by atoms with Crippen molar-refractivity contribution in [2.45, 2.75) is 85.4 Å². The van der Waals surface area contributed by atoms with Crippen LogP contribution in [0.3, 0.4) is 0 Å². The molecule has 8 rings (SSSR count). The van der Waals surface area contributed by atoms with Gasteiger partial charge in [-0.15, -0.1) is 22.7 Å². The van der Waals surface area contributed by atoms with Crippen LogP contribution in [0.15, 0.2) is 83.8 Å². The molecule has 14 nitrogen and oxygen atoms in total. The van der Waals surface area contributed by atoms with Gasteiger partial charge >= 0.3 is 5.97 Å². The minimum absolute atomic E-state index is 0.0392. The van der Waals surface area contributed by atoms with E-state index in [-0.39, 0.29) is 68.7 Å². The van der Waals surface area contributed by atoms with E-state index in [9.17, 15) is 42.7 Å². The van der Waals surface area contributed by atoms with Crippen molar-refractivity contribution >= 4 is 68.4 Å². The molecule has 2 aliphatic carbocycles. The Kier molecular flexibility index (Phi) is 14.6. The van der Waals surface area contributed by atoms with Gasteiger partial charge in [0.2, 0.25) is 0 Å². The first kappa shape index (κ1) is 48.7. The van der Waals surface area contributed by atoms with Crippen molar-refractivity contribution in [3.63, 3.8) is 0 Å². The van der Waals surface area contributed by atoms with E-state index in [1.54, 1.807) is 49.0 Å². The molecule has 6 aromatic rings. The predicted molar refractivity (Wildman–Crippen MR) is 258 cm³/mol. The van der Waals surface area contributed by atoms with Gasteiger partial charge < -0.3 is 21.1 Å². The van der Waals surface area contributed by atoms with Gasteiger partial charge in [0.15, 0.2) is 10.3 Å². The van der Waals surface area contributed by atoms with Crippen LogP contribution in [0.25, 0.3) is 22.3 Å². The fourth-order valence-corrected chi connectivity index (χ4v) is 7.82. The Morgan fingerprint density at radius 3 is 1.41 bits per heavy atom. The fraction of sp³-hybridized carbons (Fsp3) is 0.280. The van der Waals surface area contributed by atoms with Crippen LogP contribution >= 0.6 is 22.7 Å². The minimum atomic E-state index is -1.20. The lowest BCUT2D eigenvalue weighted by atomic mass is 9.87. The summed E-state index contributed by atoms with van der Waals surface area (Å²) in [4.78, 5) is 84.1. The number of hydrogen-bond acceptors (Lipinski definition) is 10. The Morgan fingerprint density at radius 1 is 0.603 bits per heavy atom. The first-order valence-corrected chi connectivity index (χ1v) is 23.5. The van der Waals surface area contributed by atoms with E-state index in [1.165, 1.54) is 65.3 Å². The number of carboxylic acid groups (broad SMARTS) is 1. The Labute approximate surface area is 399 Å². The predicted octanol–water partition coefficient (Wildman–Crippen LogP) is 9.67. The maximum Gasteiger partial charge on any atom is 0.335 e. The number of aromatic nitrogens is 2. The molecule has 0 aliphatic heterocycles. The summed E-state index contributed by atoms with van der Waals surface area (Å²) in [6, 6.07) is 14.3. The van der Waals surface area contributed by atoms with E-state index in [1.807, 2.05) is 27.7 Å². The van der Waals surface area contributed by atoms with Crippen molar-refractivity contribution in [1.82, 2.24) is 25.9 Å². The molecule has 1 atom stereocenters. The molecular weight excluding hydrogens is 913 g/mol. The van der Waals surface area contributed by atoms with E-state index in [0.717, 1.165) is 31.7 Å². The van der Waals surface area contributed by atoms with Gasteiger partial charge in [-0.1, -0.05) is 32.9 Å². The average Bonchev–Trinajstić information content (AvgIpc) is 4.19. The largest absolute Gasteiger partial charge is 0.478 e. The number of rotatable bonds is 13. The summed E-state index contributed by atoms with van der Waals surface area (Å²) in [6.45, 7) is 11.1. The van der Waals surface area contributed by atoms with Gasteiger partial charge in [-0.2, -0.15) is 0 Å². The summed E-state index contributed by atoms with van der Waals surface area (Å²) in [6.07, 6.45) is 6.70. The van der Waals surface area contributed by atoms with E-state index in [4.69, 9.17) is 0 Å². The quantitative estimate of drug-likeness (QED) is 0.0650. The van der Waals surface area contributed by atoms with Gasteiger partial charge in [0, 0.05) is 69.1 Å². The van der Waals surface area contributed by atoms with E-state index >= 15 is 0 Å². The number of thiazole rings is 2. The molecule has 352 valence electrons. The zero-order valence-electron chi connectivity index (χ0n) is 38.0. The van der Waals surface area contributed by atoms with Gasteiger partial charge in [-0.05, 0) is 134 Å². The SMILES string of the molecule is Cc1c(F)cc(C(=O)NC2CC2)cc1-c1ccc(C(=O)N[C@@H](C)C(C)(C)C)cc1C(=O)Nc1nccs1.Cc1c(F)cc(C(=O)NC2CC2)cc1-c1ccc(C(=O)O)cc1C(=O)Nc1nccs1. The molecule has 2 saturated carbocycles. The van der Waals surface area contributed by atoms with Crippen LogP contribution in [0.5, 0.6) is 0 Å². The second-order valence-electron chi connectivity index (χ2n) is 17.7. The topological polar surface area (TPSA) is 209 Å². The molecular formula is C50H49F2N7O7S2. The van der Waals surface area contributed by atoms with Gasteiger partial charge in [-0.3, -0.25) is 34.6 Å². The number of anilines is 2. The van der Waals surface area contributed by atoms with Crippen molar-refractivity contribution < 1.29 is 42.7 Å². The van der Waals surface area contributed by atoms with Crippen LogP contribution in [-0.2, 0) is 0 Å². The summed E-state index contributed by atoms with van der Waals surface area (Å²) in [5.41, 5.74) is 2.59. The number of carbonyl (C=O) groups excluding carboxylic acids is 5. The van der Waals surface area contributed by atoms with Crippen molar-refractivity contribution in [2.75, 3.05) is 10.6 Å².